The van der Waals surface area contributed by atoms with Gasteiger partial charge in [-0.1, -0.05) is 12.1 Å². The second-order valence-corrected chi connectivity index (χ2v) is 4.93. The molecule has 1 aliphatic heterocycles. The molecule has 0 saturated carbocycles. The van der Waals surface area contributed by atoms with Crippen molar-refractivity contribution in [1.29, 1.82) is 0 Å². The van der Waals surface area contributed by atoms with Crippen LogP contribution in [-0.4, -0.2) is 31.1 Å². The smallest absolute Gasteiger partial charge is 0.425 e. The van der Waals surface area contributed by atoms with Crippen LogP contribution >= 0.6 is 0 Å². The number of hydrogen-bond acceptors (Lipinski definition) is 3. The molecule has 1 aromatic rings. The molecule has 2 rings (SSSR count). The van der Waals surface area contributed by atoms with E-state index in [0.29, 0.717) is 12.8 Å². The van der Waals surface area contributed by atoms with Crippen molar-refractivity contribution in [2.45, 2.75) is 31.9 Å². The Morgan fingerprint density at radius 2 is 2.10 bits per heavy atom. The number of aryl methyl sites for hydroxylation is 1. The number of halogens is 2. The Balaban J connectivity index is 1.96. The Bertz CT molecular complexity index is 474. The van der Waals surface area contributed by atoms with Crippen molar-refractivity contribution < 1.29 is 18.3 Å². The van der Waals surface area contributed by atoms with Crippen molar-refractivity contribution in [2.75, 3.05) is 13.1 Å². The lowest BCUT2D eigenvalue weighted by molar-refractivity contribution is -0.193. The zero-order valence-corrected chi connectivity index (χ0v) is 11.3. The number of rotatable bonds is 4. The van der Waals surface area contributed by atoms with E-state index in [0.717, 1.165) is 18.7 Å². The molecule has 0 unspecified atom stereocenters. The molecule has 0 aromatic heterocycles. The van der Waals surface area contributed by atoms with Crippen LogP contribution in [0.15, 0.2) is 24.3 Å². The van der Waals surface area contributed by atoms with E-state index >= 15 is 0 Å². The molecule has 4 nitrogen and oxygen atoms in total. The second-order valence-electron chi connectivity index (χ2n) is 4.93. The molecule has 2 N–H and O–H groups in total. The van der Waals surface area contributed by atoms with Crippen LogP contribution in [0.3, 0.4) is 0 Å². The largest absolute Gasteiger partial charge is 0.482 e. The minimum atomic E-state index is -3.86. The van der Waals surface area contributed by atoms with Gasteiger partial charge < -0.3 is 15.4 Å². The second kappa shape index (κ2) is 6.17. The van der Waals surface area contributed by atoms with Gasteiger partial charge in [0.05, 0.1) is 0 Å². The highest BCUT2D eigenvalue weighted by molar-refractivity contribution is 5.82. The minimum absolute atomic E-state index is 0.0181. The summed E-state index contributed by atoms with van der Waals surface area (Å²) in [7, 11) is 0. The Hall–Kier alpha value is -1.69. The topological polar surface area (TPSA) is 50.4 Å². The summed E-state index contributed by atoms with van der Waals surface area (Å²) in [5.74, 6) is -1.40. The molecule has 20 heavy (non-hydrogen) atoms. The maximum atomic E-state index is 13.7. The number of carbonyl (C=O) groups excluding carboxylic acids is 1. The molecule has 1 saturated heterocycles. The molecular weight excluding hydrogens is 266 g/mol. The first-order chi connectivity index (χ1) is 9.47. The quantitative estimate of drug-likeness (QED) is 0.887. The lowest BCUT2D eigenvalue weighted by atomic mass is 10.1. The third-order valence-electron chi connectivity index (χ3n) is 3.17. The molecule has 1 aromatic carbocycles. The number of alkyl halides is 2. The summed E-state index contributed by atoms with van der Waals surface area (Å²) in [5.41, 5.74) is 0.789. The third-order valence-corrected chi connectivity index (χ3v) is 3.17. The molecule has 0 bridgehead atoms. The van der Waals surface area contributed by atoms with Crippen LogP contribution < -0.4 is 15.4 Å². The van der Waals surface area contributed by atoms with Gasteiger partial charge in [0.25, 0.3) is 0 Å². The van der Waals surface area contributed by atoms with E-state index in [1.807, 2.05) is 0 Å². The number of hydrogen-bond donors (Lipinski definition) is 2. The first kappa shape index (κ1) is 14.7. The van der Waals surface area contributed by atoms with Crippen LogP contribution in [0.4, 0.5) is 8.78 Å². The van der Waals surface area contributed by atoms with Crippen LogP contribution in [0.5, 0.6) is 5.75 Å². The van der Waals surface area contributed by atoms with E-state index in [9.17, 15) is 13.6 Å². The highest BCUT2D eigenvalue weighted by atomic mass is 19.3. The lowest BCUT2D eigenvalue weighted by Gasteiger charge is -2.25. The van der Waals surface area contributed by atoms with Crippen molar-refractivity contribution in [2.24, 2.45) is 0 Å². The van der Waals surface area contributed by atoms with Crippen molar-refractivity contribution in [1.82, 2.24) is 10.6 Å². The number of ether oxygens (including phenoxy) is 1. The highest BCUT2D eigenvalue weighted by Gasteiger charge is 2.43. The van der Waals surface area contributed by atoms with Gasteiger partial charge in [-0.2, -0.15) is 8.78 Å². The Morgan fingerprint density at radius 3 is 2.75 bits per heavy atom. The first-order valence-corrected chi connectivity index (χ1v) is 6.62. The molecular formula is C14H18F2N2O2. The van der Waals surface area contributed by atoms with Gasteiger partial charge in [0.2, 0.25) is 0 Å². The van der Waals surface area contributed by atoms with E-state index in [2.05, 4.69) is 15.4 Å². The summed E-state index contributed by atoms with van der Waals surface area (Å²) in [6.45, 7) is 3.20. The predicted octanol–water partition coefficient (Wildman–Crippen LogP) is 1.83. The van der Waals surface area contributed by atoms with Crippen LogP contribution in [-0.2, 0) is 4.79 Å². The maximum absolute atomic E-state index is 13.7. The predicted molar refractivity (Wildman–Crippen MR) is 70.8 cm³/mol. The lowest BCUT2D eigenvalue weighted by Crippen LogP contribution is -2.51. The van der Waals surface area contributed by atoms with E-state index in [-0.39, 0.29) is 11.8 Å². The van der Waals surface area contributed by atoms with Gasteiger partial charge in [0.1, 0.15) is 5.75 Å². The van der Waals surface area contributed by atoms with Gasteiger partial charge in [-0.25, -0.2) is 0 Å². The molecule has 110 valence electrons. The van der Waals surface area contributed by atoms with Gasteiger partial charge in [-0.15, -0.1) is 0 Å². The molecule has 6 heteroatoms. The minimum Gasteiger partial charge on any atom is -0.425 e. The monoisotopic (exact) mass is 284 g/mol. The van der Waals surface area contributed by atoms with Gasteiger partial charge >= 0.3 is 12.0 Å². The van der Waals surface area contributed by atoms with Crippen LogP contribution in [0, 0.1) is 6.92 Å². The summed E-state index contributed by atoms with van der Waals surface area (Å²) < 4.78 is 32.0. The number of nitrogens with one attached hydrogen (secondary N) is 2. The number of amides is 1. The third kappa shape index (κ3) is 3.90. The molecule has 0 radical (unpaired) electrons. The summed E-state index contributed by atoms with van der Waals surface area (Å²) in [6.07, 6.45) is -2.57. The summed E-state index contributed by atoms with van der Waals surface area (Å²) in [4.78, 5) is 11.6. The van der Waals surface area contributed by atoms with E-state index in [1.54, 1.807) is 19.1 Å². The summed E-state index contributed by atoms with van der Waals surface area (Å²) in [6, 6.07) is 6.01. The van der Waals surface area contributed by atoms with Gasteiger partial charge in [-0.05, 0) is 50.6 Å². The van der Waals surface area contributed by atoms with Crippen molar-refractivity contribution in [3.8, 4) is 5.75 Å². The van der Waals surface area contributed by atoms with Crippen molar-refractivity contribution in [3.05, 3.63) is 29.8 Å². The Labute approximate surface area is 116 Å². The van der Waals surface area contributed by atoms with Crippen LogP contribution in [0.1, 0.15) is 18.4 Å². The van der Waals surface area contributed by atoms with Crippen LogP contribution in [0.25, 0.3) is 0 Å². The van der Waals surface area contributed by atoms with Crippen LogP contribution in [0.2, 0.25) is 0 Å². The number of carbonyl (C=O) groups is 1. The normalized spacial score (nSPS) is 16.8. The van der Waals surface area contributed by atoms with Gasteiger partial charge in [0, 0.05) is 6.04 Å². The molecule has 0 aliphatic carbocycles. The summed E-state index contributed by atoms with van der Waals surface area (Å²) in [5, 5.41) is 5.44. The highest BCUT2D eigenvalue weighted by Crippen LogP contribution is 2.23. The molecule has 1 heterocycles. The molecule has 0 spiro atoms. The molecule has 1 amide bonds. The van der Waals surface area contributed by atoms with E-state index in [4.69, 9.17) is 0 Å². The average Bonchev–Trinajstić information content (AvgIpc) is 2.39. The van der Waals surface area contributed by atoms with E-state index in [1.165, 1.54) is 12.1 Å². The average molecular weight is 284 g/mol. The summed E-state index contributed by atoms with van der Waals surface area (Å²) >= 11 is 0. The SMILES string of the molecule is Cc1cccc(OC(F)(F)C(=O)NC2CCNCC2)c1. The van der Waals surface area contributed by atoms with Gasteiger partial charge in [0.15, 0.2) is 0 Å². The number of benzene rings is 1. The molecule has 1 fully saturated rings. The fraction of sp³-hybridized carbons (Fsp3) is 0.500. The molecule has 1 aliphatic rings. The first-order valence-electron chi connectivity index (χ1n) is 6.62. The standard InChI is InChI=1S/C14H18F2N2O2/c1-10-3-2-4-12(9-10)20-14(15,16)13(19)18-11-5-7-17-8-6-11/h2-4,9,11,17H,5-8H2,1H3,(H,18,19). The maximum Gasteiger partial charge on any atom is 0.482 e. The fourth-order valence-corrected chi connectivity index (χ4v) is 2.11. The Kier molecular flexibility index (Phi) is 4.54. The van der Waals surface area contributed by atoms with Crippen molar-refractivity contribution in [3.63, 3.8) is 0 Å². The van der Waals surface area contributed by atoms with Crippen molar-refractivity contribution >= 4 is 5.91 Å². The Morgan fingerprint density at radius 1 is 1.40 bits per heavy atom. The fourth-order valence-electron chi connectivity index (χ4n) is 2.11. The zero-order valence-electron chi connectivity index (χ0n) is 11.3. The van der Waals surface area contributed by atoms with E-state index < -0.39 is 12.0 Å². The zero-order chi connectivity index (χ0) is 14.6. The number of piperidine rings is 1. The molecule has 0 atom stereocenters. The van der Waals surface area contributed by atoms with Gasteiger partial charge in [-0.3, -0.25) is 4.79 Å².